The fourth-order valence-electron chi connectivity index (χ4n) is 2.42. The molecule has 2 N–H and O–H groups in total. The molecule has 0 aliphatic heterocycles. The first-order valence-corrected chi connectivity index (χ1v) is 9.17. The molecule has 0 saturated heterocycles. The Balaban J connectivity index is 1.84. The molecule has 2 aromatic carbocycles. The second-order valence-electron chi connectivity index (χ2n) is 5.56. The molecule has 0 fully saturated rings. The molecular formula is C20H26ClN3O3. The number of guanidine groups is 1. The largest absolute Gasteiger partial charge is 0.493 e. The highest BCUT2D eigenvalue weighted by Crippen LogP contribution is 2.36. The van der Waals surface area contributed by atoms with Gasteiger partial charge in [-0.3, -0.25) is 4.99 Å². The third kappa shape index (κ3) is 6.57. The second-order valence-corrected chi connectivity index (χ2v) is 5.96. The molecule has 7 heteroatoms. The van der Waals surface area contributed by atoms with Crippen molar-refractivity contribution in [1.29, 1.82) is 0 Å². The number of benzene rings is 2. The molecule has 2 rings (SSSR count). The summed E-state index contributed by atoms with van der Waals surface area (Å²) in [6.45, 7) is 4.13. The summed E-state index contributed by atoms with van der Waals surface area (Å²) in [5, 5.41) is 6.97. The Bertz CT molecular complexity index is 739. The van der Waals surface area contributed by atoms with Crippen molar-refractivity contribution in [2.75, 3.05) is 33.9 Å². The van der Waals surface area contributed by atoms with Gasteiger partial charge in [-0.1, -0.05) is 29.8 Å². The third-order valence-corrected chi connectivity index (χ3v) is 3.95. The van der Waals surface area contributed by atoms with Crippen LogP contribution in [0, 0.1) is 0 Å². The van der Waals surface area contributed by atoms with Crippen LogP contribution in [0.5, 0.6) is 17.2 Å². The van der Waals surface area contributed by atoms with E-state index in [-0.39, 0.29) is 0 Å². The maximum atomic E-state index is 6.31. The van der Waals surface area contributed by atoms with E-state index in [0.717, 1.165) is 11.3 Å². The van der Waals surface area contributed by atoms with Crippen molar-refractivity contribution < 1.29 is 14.2 Å². The highest BCUT2D eigenvalue weighted by atomic mass is 35.5. The maximum absolute atomic E-state index is 6.31. The predicted molar refractivity (Wildman–Crippen MR) is 109 cm³/mol. The van der Waals surface area contributed by atoms with Gasteiger partial charge in [-0.15, -0.1) is 0 Å². The number of nitrogens with zero attached hydrogens (tertiary/aromatic N) is 1. The van der Waals surface area contributed by atoms with Crippen molar-refractivity contribution in [2.45, 2.75) is 13.5 Å². The molecule has 0 radical (unpaired) electrons. The molecule has 0 heterocycles. The number of para-hydroxylation sites is 1. The molecule has 6 nitrogen and oxygen atoms in total. The maximum Gasteiger partial charge on any atom is 0.191 e. The van der Waals surface area contributed by atoms with Gasteiger partial charge in [0, 0.05) is 13.6 Å². The Morgan fingerprint density at radius 3 is 2.56 bits per heavy atom. The Morgan fingerprint density at radius 2 is 1.89 bits per heavy atom. The normalized spacial score (nSPS) is 11.0. The van der Waals surface area contributed by atoms with Crippen LogP contribution in [0.4, 0.5) is 0 Å². The van der Waals surface area contributed by atoms with Crippen LogP contribution in [0.2, 0.25) is 5.02 Å². The van der Waals surface area contributed by atoms with Gasteiger partial charge in [-0.25, -0.2) is 0 Å². The van der Waals surface area contributed by atoms with E-state index in [1.807, 2.05) is 49.4 Å². The van der Waals surface area contributed by atoms with Crippen LogP contribution in [0.3, 0.4) is 0 Å². The van der Waals surface area contributed by atoms with Gasteiger partial charge in [0.15, 0.2) is 17.5 Å². The van der Waals surface area contributed by atoms with E-state index in [2.05, 4.69) is 15.6 Å². The van der Waals surface area contributed by atoms with Gasteiger partial charge in [0.25, 0.3) is 0 Å². The number of halogens is 1. The molecule has 2 aromatic rings. The van der Waals surface area contributed by atoms with Crippen LogP contribution in [0.25, 0.3) is 0 Å². The van der Waals surface area contributed by atoms with E-state index in [1.165, 1.54) is 0 Å². The minimum Gasteiger partial charge on any atom is -0.493 e. The van der Waals surface area contributed by atoms with Crippen LogP contribution in [-0.4, -0.2) is 39.9 Å². The van der Waals surface area contributed by atoms with Gasteiger partial charge in [-0.2, -0.15) is 0 Å². The van der Waals surface area contributed by atoms with Gasteiger partial charge in [0.05, 0.1) is 25.3 Å². The highest BCUT2D eigenvalue weighted by Gasteiger charge is 2.11. The van der Waals surface area contributed by atoms with Gasteiger partial charge in [-0.05, 0) is 36.8 Å². The standard InChI is InChI=1S/C20H26ClN3O3/c1-4-26-19-17(21)12-15(13-18(19)25-3)14-24-20(22-2)23-10-11-27-16-8-6-5-7-9-16/h5-9,12-13H,4,10-11,14H2,1-3H3,(H2,22,23,24). The van der Waals surface area contributed by atoms with Crippen LogP contribution < -0.4 is 24.8 Å². The van der Waals surface area contributed by atoms with Gasteiger partial charge >= 0.3 is 0 Å². The summed E-state index contributed by atoms with van der Waals surface area (Å²) < 4.78 is 16.6. The number of nitrogens with one attached hydrogen (secondary N) is 2. The first kappa shape index (κ1) is 20.7. The lowest BCUT2D eigenvalue weighted by Gasteiger charge is -2.15. The fourth-order valence-corrected chi connectivity index (χ4v) is 2.71. The zero-order chi connectivity index (χ0) is 19.5. The number of hydrogen-bond donors (Lipinski definition) is 2. The lowest BCUT2D eigenvalue weighted by Crippen LogP contribution is -2.38. The number of hydrogen-bond acceptors (Lipinski definition) is 4. The first-order valence-electron chi connectivity index (χ1n) is 8.79. The van der Waals surface area contributed by atoms with Crippen molar-refractivity contribution >= 4 is 17.6 Å². The third-order valence-electron chi connectivity index (χ3n) is 3.67. The van der Waals surface area contributed by atoms with Crippen molar-refractivity contribution in [3.05, 3.63) is 53.1 Å². The van der Waals surface area contributed by atoms with Crippen molar-refractivity contribution in [1.82, 2.24) is 10.6 Å². The lowest BCUT2D eigenvalue weighted by molar-refractivity contribution is 0.311. The average molecular weight is 392 g/mol. The van der Waals surface area contributed by atoms with Crippen LogP contribution >= 0.6 is 11.6 Å². The lowest BCUT2D eigenvalue weighted by atomic mass is 10.2. The summed E-state index contributed by atoms with van der Waals surface area (Å²) in [7, 11) is 3.32. The molecule has 0 atom stereocenters. The summed E-state index contributed by atoms with van der Waals surface area (Å²) in [5.74, 6) is 2.69. The summed E-state index contributed by atoms with van der Waals surface area (Å²) in [4.78, 5) is 4.21. The van der Waals surface area contributed by atoms with E-state index in [4.69, 9.17) is 25.8 Å². The van der Waals surface area contributed by atoms with Crippen molar-refractivity contribution in [3.8, 4) is 17.2 Å². The molecule has 0 spiro atoms. The van der Waals surface area contributed by atoms with E-state index >= 15 is 0 Å². The first-order chi connectivity index (χ1) is 13.2. The topological polar surface area (TPSA) is 64.1 Å². The molecule has 0 saturated carbocycles. The number of rotatable bonds is 9. The minimum atomic E-state index is 0.521. The molecule has 27 heavy (non-hydrogen) atoms. The predicted octanol–water partition coefficient (Wildman–Crippen LogP) is 3.49. The SMILES string of the molecule is CCOc1c(Cl)cc(CNC(=NC)NCCOc2ccccc2)cc1OC. The zero-order valence-electron chi connectivity index (χ0n) is 15.9. The van der Waals surface area contributed by atoms with Crippen LogP contribution in [-0.2, 0) is 6.54 Å². The van der Waals surface area contributed by atoms with Gasteiger partial charge in [0.2, 0.25) is 0 Å². The van der Waals surface area contributed by atoms with Crippen LogP contribution in [0.15, 0.2) is 47.5 Å². The van der Waals surface area contributed by atoms with E-state index in [1.54, 1.807) is 14.2 Å². The Hall–Kier alpha value is -2.60. The molecule has 0 aromatic heterocycles. The molecule has 146 valence electrons. The van der Waals surface area contributed by atoms with E-state index in [0.29, 0.717) is 48.8 Å². The molecule has 0 unspecified atom stereocenters. The van der Waals surface area contributed by atoms with E-state index < -0.39 is 0 Å². The quantitative estimate of drug-likeness (QED) is 0.389. The summed E-state index contributed by atoms with van der Waals surface area (Å²) in [6, 6.07) is 13.5. The molecule has 0 bridgehead atoms. The van der Waals surface area contributed by atoms with E-state index in [9.17, 15) is 0 Å². The summed E-state index contributed by atoms with van der Waals surface area (Å²) in [6.07, 6.45) is 0. The summed E-state index contributed by atoms with van der Waals surface area (Å²) in [5.41, 5.74) is 0.962. The Morgan fingerprint density at radius 1 is 1.11 bits per heavy atom. The zero-order valence-corrected chi connectivity index (χ0v) is 16.7. The van der Waals surface area contributed by atoms with Gasteiger partial charge in [0.1, 0.15) is 12.4 Å². The number of aliphatic imine (C=N–C) groups is 1. The van der Waals surface area contributed by atoms with Crippen molar-refractivity contribution in [3.63, 3.8) is 0 Å². The molecular weight excluding hydrogens is 366 g/mol. The smallest absolute Gasteiger partial charge is 0.191 e. The fraction of sp³-hybridized carbons (Fsp3) is 0.350. The Kier molecular flexibility index (Phi) is 8.58. The summed E-state index contributed by atoms with van der Waals surface area (Å²) >= 11 is 6.31. The Labute approximate surface area is 165 Å². The van der Waals surface area contributed by atoms with Crippen molar-refractivity contribution in [2.24, 2.45) is 4.99 Å². The van der Waals surface area contributed by atoms with Gasteiger partial charge < -0.3 is 24.8 Å². The van der Waals surface area contributed by atoms with Crippen LogP contribution in [0.1, 0.15) is 12.5 Å². The average Bonchev–Trinajstić information content (AvgIpc) is 2.70. The molecule has 0 aliphatic rings. The second kappa shape index (κ2) is 11.2. The molecule has 0 aliphatic carbocycles. The molecule has 0 amide bonds. The monoisotopic (exact) mass is 391 g/mol. The number of methoxy groups -OCH3 is 1. The minimum absolute atomic E-state index is 0.521. The highest BCUT2D eigenvalue weighted by molar-refractivity contribution is 6.32. The number of ether oxygens (including phenoxy) is 3.